The van der Waals surface area contributed by atoms with Crippen molar-refractivity contribution < 1.29 is 17.9 Å². The third-order valence-electron chi connectivity index (χ3n) is 5.17. The summed E-state index contributed by atoms with van der Waals surface area (Å²) in [5.74, 6) is 0.740. The topological polar surface area (TPSA) is 75.7 Å². The Labute approximate surface area is 159 Å². The summed E-state index contributed by atoms with van der Waals surface area (Å²) in [6.45, 7) is 0.430. The monoisotopic (exact) mass is 386 g/mol. The molecule has 0 saturated carbocycles. The van der Waals surface area contributed by atoms with Crippen molar-refractivity contribution in [3.05, 3.63) is 53.1 Å². The Hall–Kier alpha value is -2.38. The predicted molar refractivity (Wildman–Crippen MR) is 103 cm³/mol. The summed E-state index contributed by atoms with van der Waals surface area (Å²) in [5.41, 5.74) is 4.20. The van der Waals surface area contributed by atoms with Gasteiger partial charge in [-0.15, -0.1) is 0 Å². The lowest BCUT2D eigenvalue weighted by atomic mass is 10.1. The molecule has 2 aromatic rings. The number of amides is 1. The van der Waals surface area contributed by atoms with Crippen molar-refractivity contribution in [2.24, 2.45) is 0 Å². The lowest BCUT2D eigenvalue weighted by Gasteiger charge is -2.12. The van der Waals surface area contributed by atoms with Crippen LogP contribution in [0.25, 0.3) is 0 Å². The van der Waals surface area contributed by atoms with E-state index in [4.69, 9.17) is 4.74 Å². The Morgan fingerprint density at radius 1 is 1.07 bits per heavy atom. The molecular formula is C20H22N2O4S. The summed E-state index contributed by atoms with van der Waals surface area (Å²) in [6.07, 6.45) is 3.62. The number of nitrogens with one attached hydrogen (secondary N) is 1. The zero-order chi connectivity index (χ0) is 19.0. The summed E-state index contributed by atoms with van der Waals surface area (Å²) in [4.78, 5) is 13.5. The highest BCUT2D eigenvalue weighted by atomic mass is 32.2. The molecule has 0 fully saturated rings. The molecule has 1 aliphatic carbocycles. The highest BCUT2D eigenvalue weighted by Gasteiger charge is 2.26. The lowest BCUT2D eigenvalue weighted by Crippen LogP contribution is -2.28. The van der Waals surface area contributed by atoms with E-state index in [1.807, 2.05) is 12.1 Å². The molecular weight excluding hydrogens is 364 g/mol. The molecule has 0 bridgehead atoms. The van der Waals surface area contributed by atoms with Gasteiger partial charge in [-0.1, -0.05) is 6.07 Å². The van der Waals surface area contributed by atoms with Crippen LogP contribution in [0.2, 0.25) is 0 Å². The number of benzene rings is 2. The largest absolute Gasteiger partial charge is 0.492 e. The van der Waals surface area contributed by atoms with Crippen LogP contribution in [0.1, 0.15) is 23.1 Å². The van der Waals surface area contributed by atoms with Crippen molar-refractivity contribution in [3.8, 4) is 5.75 Å². The third kappa shape index (κ3) is 3.57. The number of aryl methyl sites for hydroxylation is 2. The number of anilines is 1. The van der Waals surface area contributed by atoms with Gasteiger partial charge in [0.05, 0.1) is 11.3 Å². The van der Waals surface area contributed by atoms with Crippen LogP contribution in [0.4, 0.5) is 5.69 Å². The minimum Gasteiger partial charge on any atom is -0.492 e. The Kier molecular flexibility index (Phi) is 4.65. The van der Waals surface area contributed by atoms with E-state index in [9.17, 15) is 13.2 Å². The van der Waals surface area contributed by atoms with Gasteiger partial charge in [0.2, 0.25) is 15.9 Å². The highest BCUT2D eigenvalue weighted by molar-refractivity contribution is 7.89. The van der Waals surface area contributed by atoms with E-state index in [1.54, 1.807) is 24.1 Å². The van der Waals surface area contributed by atoms with Crippen molar-refractivity contribution in [2.45, 2.75) is 30.6 Å². The number of sulfonamides is 1. The van der Waals surface area contributed by atoms with Crippen molar-refractivity contribution in [2.75, 3.05) is 25.1 Å². The van der Waals surface area contributed by atoms with Crippen molar-refractivity contribution in [1.29, 1.82) is 0 Å². The molecule has 0 saturated heterocycles. The molecule has 4 rings (SSSR count). The quantitative estimate of drug-likeness (QED) is 0.771. The normalized spacial score (nSPS) is 15.7. The molecule has 0 atom stereocenters. The Morgan fingerprint density at radius 2 is 1.89 bits per heavy atom. The molecule has 1 heterocycles. The molecule has 1 aliphatic heterocycles. The average Bonchev–Trinajstić information content (AvgIpc) is 3.22. The SMILES string of the molecule is CN1C(=O)Cc2cc(S(=O)(=O)NCCOc3ccc4c(c3)CCC4)ccc21. The van der Waals surface area contributed by atoms with Crippen LogP contribution in [-0.4, -0.2) is 34.5 Å². The number of fused-ring (bicyclic) bond motifs is 2. The fourth-order valence-electron chi connectivity index (χ4n) is 3.68. The van der Waals surface area contributed by atoms with Crippen LogP contribution >= 0.6 is 0 Å². The molecule has 0 aromatic heterocycles. The van der Waals surface area contributed by atoms with Gasteiger partial charge >= 0.3 is 0 Å². The number of ether oxygens (including phenoxy) is 1. The Bertz CT molecular complexity index is 1000. The summed E-state index contributed by atoms with van der Waals surface area (Å²) in [6, 6.07) is 10.8. The van der Waals surface area contributed by atoms with Crippen molar-refractivity contribution in [3.63, 3.8) is 0 Å². The standard InChI is InChI=1S/C20H22N2O4S/c1-22-19-8-7-18(12-16(19)13-20(22)23)27(24,25)21-9-10-26-17-6-5-14-3-2-4-15(14)11-17/h5-8,11-12,21H,2-4,9-10,13H2,1H3. The van der Waals surface area contributed by atoms with Gasteiger partial charge in [-0.05, 0) is 66.3 Å². The minimum atomic E-state index is -3.64. The van der Waals surface area contributed by atoms with Crippen LogP contribution < -0.4 is 14.4 Å². The van der Waals surface area contributed by atoms with E-state index in [1.165, 1.54) is 23.6 Å². The number of carbonyl (C=O) groups excluding carboxylic acids is 1. The summed E-state index contributed by atoms with van der Waals surface area (Å²) in [5, 5.41) is 0. The second kappa shape index (κ2) is 6.98. The zero-order valence-electron chi connectivity index (χ0n) is 15.2. The van der Waals surface area contributed by atoms with Crippen molar-refractivity contribution >= 4 is 21.6 Å². The van der Waals surface area contributed by atoms with E-state index < -0.39 is 10.0 Å². The molecule has 142 valence electrons. The number of rotatable bonds is 6. The molecule has 6 nitrogen and oxygen atoms in total. The number of nitrogens with zero attached hydrogens (tertiary/aromatic N) is 1. The molecule has 0 spiro atoms. The van der Waals surface area contributed by atoms with E-state index in [0.717, 1.165) is 29.8 Å². The second-order valence-electron chi connectivity index (χ2n) is 6.95. The van der Waals surface area contributed by atoms with Gasteiger partial charge in [0.15, 0.2) is 0 Å². The van der Waals surface area contributed by atoms with E-state index in [0.29, 0.717) is 0 Å². The molecule has 2 aromatic carbocycles. The zero-order valence-corrected chi connectivity index (χ0v) is 16.0. The van der Waals surface area contributed by atoms with Crippen LogP contribution in [0.3, 0.4) is 0 Å². The maximum absolute atomic E-state index is 12.5. The van der Waals surface area contributed by atoms with Crippen LogP contribution in [0.15, 0.2) is 41.3 Å². The Morgan fingerprint density at radius 3 is 2.74 bits per heavy atom. The maximum atomic E-state index is 12.5. The van der Waals surface area contributed by atoms with E-state index in [2.05, 4.69) is 10.8 Å². The molecule has 7 heteroatoms. The highest BCUT2D eigenvalue weighted by Crippen LogP contribution is 2.29. The van der Waals surface area contributed by atoms with Gasteiger partial charge in [0, 0.05) is 19.3 Å². The molecule has 2 aliphatic rings. The van der Waals surface area contributed by atoms with Crippen LogP contribution in [0.5, 0.6) is 5.75 Å². The molecule has 0 unspecified atom stereocenters. The number of hydrogen-bond acceptors (Lipinski definition) is 4. The summed E-state index contributed by atoms with van der Waals surface area (Å²) >= 11 is 0. The molecule has 1 N–H and O–H groups in total. The first-order valence-corrected chi connectivity index (χ1v) is 10.6. The smallest absolute Gasteiger partial charge is 0.240 e. The van der Waals surface area contributed by atoms with E-state index >= 15 is 0 Å². The molecule has 27 heavy (non-hydrogen) atoms. The molecule has 0 radical (unpaired) electrons. The van der Waals surface area contributed by atoms with Gasteiger partial charge in [-0.25, -0.2) is 13.1 Å². The van der Waals surface area contributed by atoms with Gasteiger partial charge < -0.3 is 9.64 Å². The third-order valence-corrected chi connectivity index (χ3v) is 6.63. The number of carbonyl (C=O) groups is 1. The van der Waals surface area contributed by atoms with Gasteiger partial charge in [-0.3, -0.25) is 4.79 Å². The minimum absolute atomic E-state index is 0.0322. The fraction of sp³-hybridized carbons (Fsp3) is 0.350. The van der Waals surface area contributed by atoms with Gasteiger partial charge in [0.1, 0.15) is 12.4 Å². The Balaban J connectivity index is 1.35. The average molecular weight is 386 g/mol. The molecule has 1 amide bonds. The van der Waals surface area contributed by atoms with Gasteiger partial charge in [0.25, 0.3) is 0 Å². The lowest BCUT2D eigenvalue weighted by molar-refractivity contribution is -0.117. The fourth-order valence-corrected chi connectivity index (χ4v) is 4.74. The van der Waals surface area contributed by atoms with Crippen LogP contribution in [-0.2, 0) is 34.1 Å². The summed E-state index contributed by atoms with van der Waals surface area (Å²) in [7, 11) is -1.95. The first-order valence-electron chi connectivity index (χ1n) is 9.08. The van der Waals surface area contributed by atoms with Crippen LogP contribution in [0, 0.1) is 0 Å². The number of hydrogen-bond donors (Lipinski definition) is 1. The van der Waals surface area contributed by atoms with E-state index in [-0.39, 0.29) is 30.4 Å². The van der Waals surface area contributed by atoms with Crippen molar-refractivity contribution in [1.82, 2.24) is 4.72 Å². The predicted octanol–water partition coefficient (Wildman–Crippen LogP) is 2.05. The second-order valence-corrected chi connectivity index (χ2v) is 8.72. The maximum Gasteiger partial charge on any atom is 0.240 e. The number of likely N-dealkylation sites (N-methyl/N-ethyl adjacent to an activating group) is 1. The first kappa shape index (κ1) is 18.0. The van der Waals surface area contributed by atoms with Gasteiger partial charge in [-0.2, -0.15) is 0 Å². The summed E-state index contributed by atoms with van der Waals surface area (Å²) < 4.78 is 33.2. The first-order chi connectivity index (χ1) is 12.9.